The molecular weight excluding hydrogens is 174 g/mol. The second kappa shape index (κ2) is 3.17. The Balaban J connectivity index is 2.19. The second-order valence-corrected chi connectivity index (χ2v) is 4.32. The van der Waals surface area contributed by atoms with Crippen molar-refractivity contribution in [3.05, 3.63) is 0 Å². The molecule has 0 aromatic rings. The third-order valence-electron chi connectivity index (χ3n) is 3.47. The Morgan fingerprint density at radius 2 is 2.31 bits per heavy atom. The highest BCUT2D eigenvalue weighted by Gasteiger charge is 2.52. The molecule has 13 heavy (non-hydrogen) atoms. The number of hydrogen-bond acceptors (Lipinski definition) is 2. The molecule has 0 amide bonds. The van der Waals surface area contributed by atoms with E-state index in [-0.39, 0.29) is 6.04 Å². The van der Waals surface area contributed by atoms with E-state index in [2.05, 4.69) is 5.32 Å². The zero-order valence-corrected chi connectivity index (χ0v) is 7.89. The first-order valence-electron chi connectivity index (χ1n) is 4.85. The summed E-state index contributed by atoms with van der Waals surface area (Å²) < 4.78 is 25.9. The molecule has 0 spiro atoms. The van der Waals surface area contributed by atoms with Crippen LogP contribution >= 0.6 is 0 Å². The van der Waals surface area contributed by atoms with Crippen LogP contribution in [-0.2, 0) is 0 Å². The fraction of sp³-hybridized carbons (Fsp3) is 1.00. The lowest BCUT2D eigenvalue weighted by atomic mass is 9.76. The number of fused-ring (bicyclic) bond motifs is 1. The van der Waals surface area contributed by atoms with Gasteiger partial charge in [0.2, 0.25) is 6.43 Å². The largest absolute Gasteiger partial charge is 0.313 e. The molecule has 76 valence electrons. The van der Waals surface area contributed by atoms with E-state index in [4.69, 9.17) is 0 Å². The van der Waals surface area contributed by atoms with E-state index in [1.807, 2.05) is 11.9 Å². The third-order valence-corrected chi connectivity index (χ3v) is 3.47. The summed E-state index contributed by atoms with van der Waals surface area (Å²) in [6, 6.07) is 0.0451. The van der Waals surface area contributed by atoms with Crippen LogP contribution < -0.4 is 5.32 Å². The summed E-state index contributed by atoms with van der Waals surface area (Å²) in [7, 11) is 1.93. The molecule has 0 saturated carbocycles. The monoisotopic (exact) mass is 190 g/mol. The molecule has 2 rings (SSSR count). The van der Waals surface area contributed by atoms with Crippen LogP contribution in [0.25, 0.3) is 0 Å². The van der Waals surface area contributed by atoms with Gasteiger partial charge < -0.3 is 10.2 Å². The molecule has 0 bridgehead atoms. The van der Waals surface area contributed by atoms with Crippen LogP contribution in [0.15, 0.2) is 0 Å². The van der Waals surface area contributed by atoms with Crippen LogP contribution in [0.1, 0.15) is 12.8 Å². The maximum Gasteiger partial charge on any atom is 0.246 e. The molecule has 2 atom stereocenters. The Morgan fingerprint density at radius 3 is 3.00 bits per heavy atom. The zero-order valence-electron chi connectivity index (χ0n) is 7.89. The van der Waals surface area contributed by atoms with Gasteiger partial charge in [0, 0.05) is 12.6 Å². The van der Waals surface area contributed by atoms with Gasteiger partial charge in [-0.05, 0) is 33.0 Å². The second-order valence-electron chi connectivity index (χ2n) is 4.32. The van der Waals surface area contributed by atoms with Crippen molar-refractivity contribution in [3.63, 3.8) is 0 Å². The number of piperidine rings is 1. The predicted octanol–water partition coefficient (Wildman–Crippen LogP) is 0.935. The Morgan fingerprint density at radius 1 is 1.54 bits per heavy atom. The highest BCUT2D eigenvalue weighted by atomic mass is 19.3. The van der Waals surface area contributed by atoms with Crippen LogP contribution in [0.2, 0.25) is 0 Å². The zero-order chi connectivity index (χ0) is 9.47. The molecule has 2 unspecified atom stereocenters. The first-order valence-corrected chi connectivity index (χ1v) is 4.85. The smallest absolute Gasteiger partial charge is 0.246 e. The molecular formula is C9H16F2N2. The van der Waals surface area contributed by atoms with Crippen LogP contribution in [0.3, 0.4) is 0 Å². The van der Waals surface area contributed by atoms with Crippen molar-refractivity contribution in [2.24, 2.45) is 5.41 Å². The number of hydrogen-bond donors (Lipinski definition) is 1. The number of alkyl halides is 2. The van der Waals surface area contributed by atoms with Crippen LogP contribution in [0.4, 0.5) is 8.78 Å². The molecule has 0 aromatic carbocycles. The van der Waals surface area contributed by atoms with E-state index < -0.39 is 11.8 Å². The number of nitrogens with one attached hydrogen (secondary N) is 1. The van der Waals surface area contributed by atoms with Crippen molar-refractivity contribution >= 4 is 0 Å². The molecule has 1 N–H and O–H groups in total. The molecule has 2 aliphatic heterocycles. The van der Waals surface area contributed by atoms with Crippen molar-refractivity contribution in [3.8, 4) is 0 Å². The van der Waals surface area contributed by atoms with Gasteiger partial charge in [-0.2, -0.15) is 0 Å². The van der Waals surface area contributed by atoms with E-state index in [1.54, 1.807) is 0 Å². The maximum atomic E-state index is 13.0. The molecule has 2 fully saturated rings. The van der Waals surface area contributed by atoms with Crippen LogP contribution in [-0.4, -0.2) is 44.0 Å². The van der Waals surface area contributed by atoms with Gasteiger partial charge in [0.25, 0.3) is 0 Å². The fourth-order valence-electron chi connectivity index (χ4n) is 2.70. The van der Waals surface area contributed by atoms with Gasteiger partial charge in [-0.15, -0.1) is 0 Å². The van der Waals surface area contributed by atoms with Crippen LogP contribution in [0, 0.1) is 5.41 Å². The van der Waals surface area contributed by atoms with E-state index in [0.29, 0.717) is 13.0 Å². The minimum absolute atomic E-state index is 0.0451. The topological polar surface area (TPSA) is 15.3 Å². The molecule has 2 aliphatic rings. The number of likely N-dealkylation sites (tertiary alicyclic amines) is 1. The molecule has 0 aliphatic carbocycles. The summed E-state index contributed by atoms with van der Waals surface area (Å²) in [4.78, 5) is 2.02. The highest BCUT2D eigenvalue weighted by Crippen LogP contribution is 2.42. The van der Waals surface area contributed by atoms with Gasteiger partial charge in [0.15, 0.2) is 0 Å². The highest BCUT2D eigenvalue weighted by molar-refractivity contribution is 5.03. The Kier molecular flexibility index (Phi) is 2.28. The quantitative estimate of drug-likeness (QED) is 0.662. The summed E-state index contributed by atoms with van der Waals surface area (Å²) in [5.74, 6) is 0. The molecule has 0 aromatic heterocycles. The summed E-state index contributed by atoms with van der Waals surface area (Å²) in [6.07, 6.45) is -0.698. The number of halogens is 2. The van der Waals surface area contributed by atoms with E-state index in [0.717, 1.165) is 19.5 Å². The van der Waals surface area contributed by atoms with Gasteiger partial charge >= 0.3 is 0 Å². The molecule has 0 radical (unpaired) electrons. The Bertz CT molecular complexity index is 198. The predicted molar refractivity (Wildman–Crippen MR) is 47.0 cm³/mol. The van der Waals surface area contributed by atoms with Gasteiger partial charge in [-0.25, -0.2) is 8.78 Å². The SMILES string of the molecule is CN1CCC2NCCC2(C(F)F)C1. The first-order chi connectivity index (χ1) is 6.15. The minimum Gasteiger partial charge on any atom is -0.313 e. The van der Waals surface area contributed by atoms with Gasteiger partial charge in [-0.1, -0.05) is 0 Å². The summed E-state index contributed by atoms with van der Waals surface area (Å²) in [6.45, 7) is 2.23. The average Bonchev–Trinajstić information content (AvgIpc) is 2.47. The molecule has 4 heteroatoms. The summed E-state index contributed by atoms with van der Waals surface area (Å²) in [5.41, 5.74) is -0.757. The molecule has 2 heterocycles. The summed E-state index contributed by atoms with van der Waals surface area (Å²) in [5, 5.41) is 3.19. The van der Waals surface area contributed by atoms with E-state index >= 15 is 0 Å². The molecule has 2 nitrogen and oxygen atoms in total. The summed E-state index contributed by atoms with van der Waals surface area (Å²) >= 11 is 0. The molecule has 2 saturated heterocycles. The van der Waals surface area contributed by atoms with Crippen molar-refractivity contribution in [1.82, 2.24) is 10.2 Å². The normalized spacial score (nSPS) is 41.1. The van der Waals surface area contributed by atoms with Gasteiger partial charge in [0.05, 0.1) is 5.41 Å². The lowest BCUT2D eigenvalue weighted by Gasteiger charge is -2.42. The van der Waals surface area contributed by atoms with Crippen molar-refractivity contribution < 1.29 is 8.78 Å². The van der Waals surface area contributed by atoms with E-state index in [9.17, 15) is 8.78 Å². The average molecular weight is 190 g/mol. The van der Waals surface area contributed by atoms with Crippen molar-refractivity contribution in [1.29, 1.82) is 0 Å². The van der Waals surface area contributed by atoms with Crippen molar-refractivity contribution in [2.75, 3.05) is 26.7 Å². The van der Waals surface area contributed by atoms with Gasteiger partial charge in [-0.3, -0.25) is 0 Å². The fourth-order valence-corrected chi connectivity index (χ4v) is 2.70. The lowest BCUT2D eigenvalue weighted by molar-refractivity contribution is -0.0528. The Hall–Kier alpha value is -0.220. The van der Waals surface area contributed by atoms with Gasteiger partial charge in [0.1, 0.15) is 0 Å². The number of nitrogens with zero attached hydrogens (tertiary/aromatic N) is 1. The number of rotatable bonds is 1. The van der Waals surface area contributed by atoms with Crippen LogP contribution in [0.5, 0.6) is 0 Å². The first kappa shape index (κ1) is 9.34. The minimum atomic E-state index is -2.18. The maximum absolute atomic E-state index is 13.0. The van der Waals surface area contributed by atoms with Crippen molar-refractivity contribution in [2.45, 2.75) is 25.3 Å². The standard InChI is InChI=1S/C9H16F2N2/c1-13-5-2-7-9(6-13,8(10)11)3-4-12-7/h7-8,12H,2-6H2,1H3. The lowest BCUT2D eigenvalue weighted by Crippen LogP contribution is -2.54. The van der Waals surface area contributed by atoms with E-state index in [1.165, 1.54) is 0 Å². The third kappa shape index (κ3) is 1.36. The Labute approximate surface area is 77.3 Å².